The molecule has 0 unspecified atom stereocenters. The van der Waals surface area contributed by atoms with Crippen LogP contribution in [-0.4, -0.2) is 27.2 Å². The molecule has 3 rings (SSSR count). The summed E-state index contributed by atoms with van der Waals surface area (Å²) in [5.41, 5.74) is 2.00. The molecule has 2 aromatic carbocycles. The maximum atomic E-state index is 12.0. The molecule has 0 spiro atoms. The molecular formula is C15H9Cl2N3O3S. The van der Waals surface area contributed by atoms with Crippen LogP contribution in [0.1, 0.15) is 10.4 Å². The molecule has 1 amide bonds. The smallest absolute Gasteiger partial charge is 0.338 e. The van der Waals surface area contributed by atoms with Crippen LogP contribution in [0.3, 0.4) is 0 Å². The number of carbonyl (C=O) groups excluding carboxylic acids is 2. The Balaban J connectivity index is 1.62. The maximum Gasteiger partial charge on any atom is 0.338 e. The molecule has 1 N–H and O–H groups in total. The highest BCUT2D eigenvalue weighted by Gasteiger charge is 2.13. The molecule has 3 aromatic rings. The molecule has 6 nitrogen and oxygen atoms in total. The summed E-state index contributed by atoms with van der Waals surface area (Å²) < 4.78 is 13.2. The van der Waals surface area contributed by atoms with Crippen LogP contribution in [0.4, 0.5) is 5.69 Å². The second-order valence-electron chi connectivity index (χ2n) is 4.69. The molecule has 0 atom stereocenters. The number of nitrogens with zero attached hydrogens (tertiary/aromatic N) is 2. The van der Waals surface area contributed by atoms with Crippen LogP contribution < -0.4 is 5.32 Å². The molecule has 0 saturated carbocycles. The monoisotopic (exact) mass is 381 g/mol. The van der Waals surface area contributed by atoms with Gasteiger partial charge >= 0.3 is 5.97 Å². The topological polar surface area (TPSA) is 81.2 Å². The Hall–Kier alpha value is -2.22. The number of ether oxygens (including phenoxy) is 1. The van der Waals surface area contributed by atoms with E-state index < -0.39 is 18.5 Å². The summed E-state index contributed by atoms with van der Waals surface area (Å²) in [6.07, 6.45) is 0. The summed E-state index contributed by atoms with van der Waals surface area (Å²) >= 11 is 12.7. The number of amides is 1. The molecule has 0 fully saturated rings. The molecule has 0 aliphatic carbocycles. The quantitative estimate of drug-likeness (QED) is 0.695. The molecule has 1 heterocycles. The summed E-state index contributed by atoms with van der Waals surface area (Å²) in [6, 6.07) is 9.57. The molecule has 24 heavy (non-hydrogen) atoms. The Morgan fingerprint density at radius 1 is 1.12 bits per heavy atom. The van der Waals surface area contributed by atoms with Gasteiger partial charge in [0.2, 0.25) is 0 Å². The lowest BCUT2D eigenvalue weighted by molar-refractivity contribution is -0.119. The van der Waals surface area contributed by atoms with Gasteiger partial charge < -0.3 is 10.1 Å². The van der Waals surface area contributed by atoms with Crippen LogP contribution in [0.25, 0.3) is 11.0 Å². The van der Waals surface area contributed by atoms with Crippen molar-refractivity contribution in [2.45, 2.75) is 0 Å². The van der Waals surface area contributed by atoms with Crippen LogP contribution in [0.2, 0.25) is 10.0 Å². The molecule has 0 aliphatic rings. The zero-order valence-electron chi connectivity index (χ0n) is 12.0. The lowest BCUT2D eigenvalue weighted by atomic mass is 10.2. The van der Waals surface area contributed by atoms with E-state index in [0.717, 1.165) is 11.7 Å². The predicted octanol–water partition coefficient (Wildman–Crippen LogP) is 3.79. The van der Waals surface area contributed by atoms with Crippen molar-refractivity contribution in [2.24, 2.45) is 0 Å². The number of benzene rings is 2. The molecule has 0 radical (unpaired) electrons. The second-order valence-corrected chi connectivity index (χ2v) is 6.03. The molecular weight excluding hydrogens is 373 g/mol. The average molecular weight is 382 g/mol. The van der Waals surface area contributed by atoms with E-state index in [9.17, 15) is 9.59 Å². The fourth-order valence-electron chi connectivity index (χ4n) is 1.93. The van der Waals surface area contributed by atoms with Gasteiger partial charge in [0.05, 0.1) is 33.0 Å². The first-order chi connectivity index (χ1) is 11.5. The third-order valence-corrected chi connectivity index (χ3v) is 4.33. The van der Waals surface area contributed by atoms with Crippen molar-refractivity contribution in [3.63, 3.8) is 0 Å². The fraction of sp³-hybridized carbons (Fsp3) is 0.0667. The van der Waals surface area contributed by atoms with Gasteiger partial charge in [0, 0.05) is 0 Å². The van der Waals surface area contributed by atoms with Crippen molar-refractivity contribution in [2.75, 3.05) is 11.9 Å². The number of carbonyl (C=O) groups is 2. The number of hydrogen-bond donors (Lipinski definition) is 1. The van der Waals surface area contributed by atoms with E-state index in [1.165, 1.54) is 18.2 Å². The number of anilines is 1. The average Bonchev–Trinajstić information content (AvgIpc) is 3.05. The minimum absolute atomic E-state index is 0.211. The molecule has 1 aromatic heterocycles. The van der Waals surface area contributed by atoms with Crippen molar-refractivity contribution in [1.29, 1.82) is 0 Å². The first-order valence-electron chi connectivity index (χ1n) is 6.68. The molecule has 9 heteroatoms. The van der Waals surface area contributed by atoms with Gasteiger partial charge in [-0.1, -0.05) is 29.3 Å². The van der Waals surface area contributed by atoms with Crippen molar-refractivity contribution >= 4 is 63.5 Å². The Bertz CT molecular complexity index is 929. The normalized spacial score (nSPS) is 10.6. The lowest BCUT2D eigenvalue weighted by Crippen LogP contribution is -2.21. The highest BCUT2D eigenvalue weighted by atomic mass is 35.5. The van der Waals surface area contributed by atoms with E-state index in [-0.39, 0.29) is 10.6 Å². The summed E-state index contributed by atoms with van der Waals surface area (Å²) in [6.45, 7) is -0.437. The number of halogens is 2. The Kier molecular flexibility index (Phi) is 4.94. The SMILES string of the molecule is O=C(COC(=O)c1ccc(Cl)c(Cl)c1)Nc1cccc2nsnc12. The first kappa shape index (κ1) is 16.6. The largest absolute Gasteiger partial charge is 0.452 e. The highest BCUT2D eigenvalue weighted by molar-refractivity contribution is 7.00. The predicted molar refractivity (Wildman–Crippen MR) is 92.8 cm³/mol. The number of fused-ring (bicyclic) bond motifs is 1. The van der Waals surface area contributed by atoms with E-state index in [0.29, 0.717) is 21.7 Å². The number of rotatable bonds is 4. The Morgan fingerprint density at radius 3 is 2.75 bits per heavy atom. The summed E-state index contributed by atoms with van der Waals surface area (Å²) in [5.74, 6) is -1.15. The minimum Gasteiger partial charge on any atom is -0.452 e. The fourth-order valence-corrected chi connectivity index (χ4v) is 2.78. The van der Waals surface area contributed by atoms with E-state index >= 15 is 0 Å². The zero-order valence-corrected chi connectivity index (χ0v) is 14.3. The lowest BCUT2D eigenvalue weighted by Gasteiger charge is -2.07. The van der Waals surface area contributed by atoms with Gasteiger partial charge in [-0.25, -0.2) is 4.79 Å². The third-order valence-electron chi connectivity index (χ3n) is 3.05. The van der Waals surface area contributed by atoms with Crippen LogP contribution >= 0.6 is 34.9 Å². The molecule has 0 aliphatic heterocycles. The van der Waals surface area contributed by atoms with Crippen LogP contribution in [0.5, 0.6) is 0 Å². The number of hydrogen-bond acceptors (Lipinski definition) is 6. The van der Waals surface area contributed by atoms with E-state index in [1.807, 2.05) is 0 Å². The molecule has 122 valence electrons. The van der Waals surface area contributed by atoms with E-state index in [1.54, 1.807) is 18.2 Å². The van der Waals surface area contributed by atoms with E-state index in [4.69, 9.17) is 27.9 Å². The zero-order chi connectivity index (χ0) is 17.1. The maximum absolute atomic E-state index is 12.0. The second kappa shape index (κ2) is 7.12. The first-order valence-corrected chi connectivity index (χ1v) is 8.16. The van der Waals surface area contributed by atoms with Gasteiger partial charge in [0.1, 0.15) is 11.0 Å². The number of nitrogens with one attached hydrogen (secondary N) is 1. The Labute approximate surface area is 150 Å². The number of aromatic nitrogens is 2. The summed E-state index contributed by atoms with van der Waals surface area (Å²) in [7, 11) is 0. The molecule has 0 saturated heterocycles. The van der Waals surface area contributed by atoms with Crippen molar-refractivity contribution in [1.82, 2.24) is 8.75 Å². The van der Waals surface area contributed by atoms with Crippen LogP contribution in [-0.2, 0) is 9.53 Å². The van der Waals surface area contributed by atoms with Crippen molar-refractivity contribution in [3.05, 3.63) is 52.0 Å². The van der Waals surface area contributed by atoms with Gasteiger partial charge in [-0.15, -0.1) is 0 Å². The van der Waals surface area contributed by atoms with Gasteiger partial charge in [0.15, 0.2) is 6.61 Å². The molecule has 0 bridgehead atoms. The van der Waals surface area contributed by atoms with Crippen LogP contribution in [0.15, 0.2) is 36.4 Å². The van der Waals surface area contributed by atoms with E-state index in [2.05, 4.69) is 14.1 Å². The van der Waals surface area contributed by atoms with Gasteiger partial charge in [-0.05, 0) is 30.3 Å². The van der Waals surface area contributed by atoms with Gasteiger partial charge in [-0.3, -0.25) is 4.79 Å². The third kappa shape index (κ3) is 3.64. The Morgan fingerprint density at radius 2 is 1.96 bits per heavy atom. The number of esters is 1. The van der Waals surface area contributed by atoms with Gasteiger partial charge in [0.25, 0.3) is 5.91 Å². The van der Waals surface area contributed by atoms with Crippen molar-refractivity contribution < 1.29 is 14.3 Å². The summed E-state index contributed by atoms with van der Waals surface area (Å²) in [4.78, 5) is 23.9. The standard InChI is InChI=1S/C15H9Cl2N3O3S/c16-9-5-4-8(6-10(9)17)15(22)23-7-13(21)18-11-2-1-3-12-14(11)20-24-19-12/h1-6H,7H2,(H,18,21). The highest BCUT2D eigenvalue weighted by Crippen LogP contribution is 2.23. The van der Waals surface area contributed by atoms with Crippen LogP contribution in [0, 0.1) is 0 Å². The van der Waals surface area contributed by atoms with Crippen molar-refractivity contribution in [3.8, 4) is 0 Å². The van der Waals surface area contributed by atoms with Gasteiger partial charge in [-0.2, -0.15) is 8.75 Å². The summed E-state index contributed by atoms with van der Waals surface area (Å²) in [5, 5.41) is 3.20. The minimum atomic E-state index is -0.669.